The number of nitriles is 1. The van der Waals surface area contributed by atoms with Crippen LogP contribution in [-0.4, -0.2) is 25.1 Å². The Morgan fingerprint density at radius 3 is 2.86 bits per heavy atom. The van der Waals surface area contributed by atoms with E-state index in [0.717, 1.165) is 17.7 Å². The number of nitrogens with zero attached hydrogens (tertiary/aromatic N) is 1. The maximum Gasteiger partial charge on any atom is 0.217 e. The Morgan fingerprint density at radius 2 is 2.24 bits per heavy atom. The number of carbonyl (C=O) groups is 1. The minimum atomic E-state index is -0.425. The number of nitrogens with one attached hydrogen (secondary N) is 2. The largest absolute Gasteiger partial charge is 0.494 e. The molecule has 0 saturated carbocycles. The average molecular weight is 289 g/mol. The zero-order valence-electron chi connectivity index (χ0n) is 12.8. The molecule has 1 aromatic rings. The number of ether oxygens (including phenoxy) is 1. The van der Waals surface area contributed by atoms with Crippen LogP contribution in [0.15, 0.2) is 24.3 Å². The molecule has 1 amide bonds. The zero-order chi connectivity index (χ0) is 15.7. The van der Waals surface area contributed by atoms with Crippen molar-refractivity contribution in [1.82, 2.24) is 10.6 Å². The number of benzene rings is 1. The van der Waals surface area contributed by atoms with Gasteiger partial charge in [-0.3, -0.25) is 10.1 Å². The summed E-state index contributed by atoms with van der Waals surface area (Å²) in [7, 11) is 0. The average Bonchev–Trinajstić information content (AvgIpc) is 2.45. The molecule has 0 aliphatic heterocycles. The molecule has 1 aromatic carbocycles. The highest BCUT2D eigenvalue weighted by Gasteiger charge is 2.12. The van der Waals surface area contributed by atoms with E-state index < -0.39 is 6.04 Å². The van der Waals surface area contributed by atoms with Crippen LogP contribution in [0.5, 0.6) is 5.75 Å². The molecule has 21 heavy (non-hydrogen) atoms. The summed E-state index contributed by atoms with van der Waals surface area (Å²) < 4.78 is 5.57. The molecule has 2 atom stereocenters. The maximum atomic E-state index is 11.0. The van der Waals surface area contributed by atoms with E-state index in [1.54, 1.807) is 0 Å². The number of hydrogen-bond acceptors (Lipinski definition) is 4. The van der Waals surface area contributed by atoms with Crippen molar-refractivity contribution in [3.05, 3.63) is 29.8 Å². The number of rotatable bonds is 8. The minimum absolute atomic E-state index is 0.0297. The molecule has 0 saturated heterocycles. The zero-order valence-corrected chi connectivity index (χ0v) is 12.8. The first-order chi connectivity index (χ1) is 10.1. The number of hydrogen-bond donors (Lipinski definition) is 2. The Labute approximate surface area is 126 Å². The van der Waals surface area contributed by atoms with Crippen molar-refractivity contribution in [3.8, 4) is 11.8 Å². The third kappa shape index (κ3) is 6.28. The van der Waals surface area contributed by atoms with E-state index in [-0.39, 0.29) is 11.9 Å². The third-order valence-electron chi connectivity index (χ3n) is 2.87. The fraction of sp³-hybridized carbons (Fsp3) is 0.500. The summed E-state index contributed by atoms with van der Waals surface area (Å²) in [5.74, 6) is 0.694. The lowest BCUT2D eigenvalue weighted by Gasteiger charge is -2.17. The molecule has 0 radical (unpaired) electrons. The number of carbonyl (C=O) groups excluding carboxylic acids is 1. The smallest absolute Gasteiger partial charge is 0.217 e. The van der Waals surface area contributed by atoms with E-state index in [1.807, 2.05) is 38.1 Å². The van der Waals surface area contributed by atoms with Crippen LogP contribution in [0, 0.1) is 11.3 Å². The van der Waals surface area contributed by atoms with E-state index in [0.29, 0.717) is 13.2 Å². The number of amides is 1. The summed E-state index contributed by atoms with van der Waals surface area (Å²) in [4.78, 5) is 11.0. The van der Waals surface area contributed by atoms with Crippen molar-refractivity contribution in [1.29, 1.82) is 5.26 Å². The molecule has 0 aromatic heterocycles. The Morgan fingerprint density at radius 1 is 1.48 bits per heavy atom. The molecule has 5 heteroatoms. The summed E-state index contributed by atoms with van der Waals surface area (Å²) in [6.45, 7) is 6.61. The standard InChI is InChI=1S/C16H23N3O2/c1-4-8-21-15-7-5-6-14(9-15)16(10-17)18-11-12(2)19-13(3)20/h5-7,9,12,16,18H,4,8,11H2,1-3H3,(H,19,20). The van der Waals surface area contributed by atoms with Crippen molar-refractivity contribution in [2.45, 2.75) is 39.3 Å². The maximum absolute atomic E-state index is 11.0. The van der Waals surface area contributed by atoms with Crippen LogP contribution in [0.25, 0.3) is 0 Å². The van der Waals surface area contributed by atoms with Crippen LogP contribution >= 0.6 is 0 Å². The van der Waals surface area contributed by atoms with Crippen molar-refractivity contribution in [2.75, 3.05) is 13.2 Å². The predicted octanol–water partition coefficient (Wildman–Crippen LogP) is 2.15. The second-order valence-corrected chi connectivity index (χ2v) is 4.99. The fourth-order valence-electron chi connectivity index (χ4n) is 1.93. The van der Waals surface area contributed by atoms with Crippen molar-refractivity contribution in [3.63, 3.8) is 0 Å². The molecule has 114 valence electrons. The second kappa shape index (κ2) is 8.98. The molecule has 0 aliphatic carbocycles. The summed E-state index contributed by atoms with van der Waals surface area (Å²) in [5, 5.41) is 15.2. The highest BCUT2D eigenvalue weighted by molar-refractivity contribution is 5.73. The van der Waals surface area contributed by atoms with Crippen LogP contribution in [0.2, 0.25) is 0 Å². The van der Waals surface area contributed by atoms with Gasteiger partial charge in [-0.1, -0.05) is 19.1 Å². The molecule has 0 bridgehead atoms. The summed E-state index contributed by atoms with van der Waals surface area (Å²) in [6.07, 6.45) is 0.943. The lowest BCUT2D eigenvalue weighted by Crippen LogP contribution is -2.39. The molecular formula is C16H23N3O2. The Bertz CT molecular complexity index is 497. The first-order valence-corrected chi connectivity index (χ1v) is 7.19. The quantitative estimate of drug-likeness (QED) is 0.769. The third-order valence-corrected chi connectivity index (χ3v) is 2.87. The van der Waals surface area contributed by atoms with E-state index in [2.05, 4.69) is 16.7 Å². The fourth-order valence-corrected chi connectivity index (χ4v) is 1.93. The first kappa shape index (κ1) is 17.0. The lowest BCUT2D eigenvalue weighted by atomic mass is 10.1. The predicted molar refractivity (Wildman–Crippen MR) is 81.9 cm³/mol. The summed E-state index contributed by atoms with van der Waals surface area (Å²) in [6, 6.07) is 9.30. The Kier molecular flexibility index (Phi) is 7.27. The normalized spacial score (nSPS) is 13.0. The van der Waals surface area contributed by atoms with Gasteiger partial charge in [0.1, 0.15) is 11.8 Å². The van der Waals surface area contributed by atoms with Crippen LogP contribution in [0.3, 0.4) is 0 Å². The van der Waals surface area contributed by atoms with Gasteiger partial charge in [-0.05, 0) is 31.0 Å². The van der Waals surface area contributed by atoms with Gasteiger partial charge in [0, 0.05) is 19.5 Å². The molecular weight excluding hydrogens is 266 g/mol. The highest BCUT2D eigenvalue weighted by atomic mass is 16.5. The van der Waals surface area contributed by atoms with Gasteiger partial charge in [0.15, 0.2) is 0 Å². The molecule has 0 heterocycles. The van der Waals surface area contributed by atoms with E-state index in [4.69, 9.17) is 4.74 Å². The second-order valence-electron chi connectivity index (χ2n) is 4.99. The molecule has 1 rings (SSSR count). The monoisotopic (exact) mass is 289 g/mol. The molecule has 5 nitrogen and oxygen atoms in total. The van der Waals surface area contributed by atoms with Crippen LogP contribution in [-0.2, 0) is 4.79 Å². The van der Waals surface area contributed by atoms with Gasteiger partial charge >= 0.3 is 0 Å². The van der Waals surface area contributed by atoms with Gasteiger partial charge in [-0.15, -0.1) is 0 Å². The van der Waals surface area contributed by atoms with Crippen LogP contribution in [0.1, 0.15) is 38.8 Å². The SMILES string of the molecule is CCCOc1cccc(C(C#N)NCC(C)NC(C)=O)c1. The summed E-state index contributed by atoms with van der Waals surface area (Å²) in [5.41, 5.74) is 0.862. The molecule has 0 spiro atoms. The highest BCUT2D eigenvalue weighted by Crippen LogP contribution is 2.19. The first-order valence-electron chi connectivity index (χ1n) is 7.19. The molecule has 0 fully saturated rings. The van der Waals surface area contributed by atoms with E-state index in [1.165, 1.54) is 6.92 Å². The Hall–Kier alpha value is -2.06. The van der Waals surface area contributed by atoms with Gasteiger partial charge in [-0.25, -0.2) is 0 Å². The minimum Gasteiger partial charge on any atom is -0.494 e. The summed E-state index contributed by atoms with van der Waals surface area (Å²) >= 11 is 0. The van der Waals surface area contributed by atoms with Crippen molar-refractivity contribution in [2.24, 2.45) is 0 Å². The van der Waals surface area contributed by atoms with E-state index in [9.17, 15) is 10.1 Å². The topological polar surface area (TPSA) is 74.2 Å². The van der Waals surface area contributed by atoms with Gasteiger partial charge in [-0.2, -0.15) is 5.26 Å². The van der Waals surface area contributed by atoms with Gasteiger partial charge < -0.3 is 10.1 Å². The Balaban J connectivity index is 2.63. The van der Waals surface area contributed by atoms with Gasteiger partial charge in [0.25, 0.3) is 0 Å². The van der Waals surface area contributed by atoms with Crippen LogP contribution < -0.4 is 15.4 Å². The van der Waals surface area contributed by atoms with Crippen molar-refractivity contribution >= 4 is 5.91 Å². The van der Waals surface area contributed by atoms with Gasteiger partial charge in [0.2, 0.25) is 5.91 Å². The van der Waals surface area contributed by atoms with E-state index >= 15 is 0 Å². The molecule has 0 aliphatic rings. The van der Waals surface area contributed by atoms with Crippen LogP contribution in [0.4, 0.5) is 0 Å². The van der Waals surface area contributed by atoms with Crippen molar-refractivity contribution < 1.29 is 9.53 Å². The van der Waals surface area contributed by atoms with Gasteiger partial charge in [0.05, 0.1) is 12.7 Å². The lowest BCUT2D eigenvalue weighted by molar-refractivity contribution is -0.119. The molecule has 2 unspecified atom stereocenters. The molecule has 2 N–H and O–H groups in total.